The number of likely N-dealkylation sites (tertiary alicyclic amines) is 1. The SMILES string of the molecule is O=C(O)c1ccc(CNC(=O)N2CC(c3ccccc3)C3COCCC32)cc1. The lowest BCUT2D eigenvalue weighted by Crippen LogP contribution is -2.46. The average Bonchev–Trinajstić information content (AvgIpc) is 3.13. The van der Waals surface area contributed by atoms with Crippen molar-refractivity contribution in [2.45, 2.75) is 24.9 Å². The quantitative estimate of drug-likeness (QED) is 0.854. The van der Waals surface area contributed by atoms with Gasteiger partial charge in [0, 0.05) is 37.6 Å². The summed E-state index contributed by atoms with van der Waals surface area (Å²) in [4.78, 5) is 25.8. The Labute approximate surface area is 164 Å². The Kier molecular flexibility index (Phi) is 5.30. The minimum absolute atomic E-state index is 0.0716. The monoisotopic (exact) mass is 380 g/mol. The highest BCUT2D eigenvalue weighted by Crippen LogP contribution is 2.40. The summed E-state index contributed by atoms with van der Waals surface area (Å²) in [5.74, 6) is -0.353. The molecule has 2 aliphatic heterocycles. The van der Waals surface area contributed by atoms with E-state index < -0.39 is 5.97 Å². The maximum absolute atomic E-state index is 12.9. The predicted molar refractivity (Wildman–Crippen MR) is 104 cm³/mol. The van der Waals surface area contributed by atoms with Crippen LogP contribution in [0.2, 0.25) is 0 Å². The molecule has 0 bridgehead atoms. The minimum Gasteiger partial charge on any atom is -0.478 e. The highest BCUT2D eigenvalue weighted by Gasteiger charge is 2.45. The van der Waals surface area contributed by atoms with Crippen LogP contribution in [0.1, 0.15) is 33.8 Å². The highest BCUT2D eigenvalue weighted by molar-refractivity contribution is 5.87. The Hall–Kier alpha value is -2.86. The second-order valence-corrected chi connectivity index (χ2v) is 7.43. The van der Waals surface area contributed by atoms with Gasteiger partial charge in [-0.2, -0.15) is 0 Å². The van der Waals surface area contributed by atoms with Crippen LogP contribution in [0.4, 0.5) is 4.79 Å². The van der Waals surface area contributed by atoms with E-state index in [1.54, 1.807) is 24.3 Å². The first-order valence-corrected chi connectivity index (χ1v) is 9.63. The molecule has 2 heterocycles. The van der Waals surface area contributed by atoms with E-state index in [2.05, 4.69) is 17.4 Å². The molecule has 6 nitrogen and oxygen atoms in total. The summed E-state index contributed by atoms with van der Waals surface area (Å²) in [5, 5.41) is 12.0. The fraction of sp³-hybridized carbons (Fsp3) is 0.364. The highest BCUT2D eigenvalue weighted by atomic mass is 16.5. The minimum atomic E-state index is -0.954. The first-order valence-electron chi connectivity index (χ1n) is 9.63. The van der Waals surface area contributed by atoms with E-state index in [1.807, 2.05) is 23.1 Å². The number of fused-ring (bicyclic) bond motifs is 1. The number of nitrogens with one attached hydrogen (secondary N) is 1. The first kappa shape index (κ1) is 18.5. The van der Waals surface area contributed by atoms with Crippen LogP contribution in [0.3, 0.4) is 0 Å². The number of carboxylic acid groups (broad SMARTS) is 1. The number of carboxylic acids is 1. The molecule has 2 aliphatic rings. The maximum Gasteiger partial charge on any atom is 0.335 e. The molecular formula is C22H24N2O4. The van der Waals surface area contributed by atoms with Gasteiger partial charge in [0.05, 0.1) is 12.2 Å². The Morgan fingerprint density at radius 1 is 1.11 bits per heavy atom. The van der Waals surface area contributed by atoms with Crippen molar-refractivity contribution < 1.29 is 19.4 Å². The molecule has 2 aromatic rings. The number of amides is 2. The zero-order valence-corrected chi connectivity index (χ0v) is 15.6. The standard InChI is InChI=1S/C22H24N2O4/c25-21(26)17-8-6-15(7-9-17)12-23-22(27)24-13-18(16-4-2-1-3-5-16)19-14-28-11-10-20(19)24/h1-9,18-20H,10-14H2,(H,23,27)(H,25,26). The molecule has 2 N–H and O–H groups in total. The van der Waals surface area contributed by atoms with Crippen molar-refractivity contribution in [3.05, 3.63) is 71.3 Å². The second kappa shape index (κ2) is 8.02. The van der Waals surface area contributed by atoms with Crippen molar-refractivity contribution in [3.8, 4) is 0 Å². The molecule has 2 fully saturated rings. The van der Waals surface area contributed by atoms with E-state index >= 15 is 0 Å². The van der Waals surface area contributed by atoms with E-state index in [0.717, 1.165) is 12.0 Å². The first-order chi connectivity index (χ1) is 13.6. The number of hydrogen-bond donors (Lipinski definition) is 2. The fourth-order valence-electron chi connectivity index (χ4n) is 4.33. The largest absolute Gasteiger partial charge is 0.478 e. The lowest BCUT2D eigenvalue weighted by atomic mass is 9.84. The van der Waals surface area contributed by atoms with Crippen molar-refractivity contribution in [2.75, 3.05) is 19.8 Å². The second-order valence-electron chi connectivity index (χ2n) is 7.43. The molecule has 4 rings (SSSR count). The van der Waals surface area contributed by atoms with Crippen LogP contribution in [0.15, 0.2) is 54.6 Å². The molecule has 2 amide bonds. The zero-order chi connectivity index (χ0) is 19.5. The molecule has 146 valence electrons. The van der Waals surface area contributed by atoms with Crippen LogP contribution in [0.25, 0.3) is 0 Å². The van der Waals surface area contributed by atoms with Gasteiger partial charge in [-0.05, 0) is 29.7 Å². The van der Waals surface area contributed by atoms with Crippen LogP contribution in [-0.4, -0.2) is 47.8 Å². The topological polar surface area (TPSA) is 78.9 Å². The summed E-state index contributed by atoms with van der Waals surface area (Å²) < 4.78 is 5.72. The number of aromatic carboxylic acids is 1. The molecule has 3 atom stereocenters. The average molecular weight is 380 g/mol. The third kappa shape index (κ3) is 3.73. The van der Waals surface area contributed by atoms with Gasteiger partial charge < -0.3 is 20.1 Å². The molecule has 2 aromatic carbocycles. The summed E-state index contributed by atoms with van der Waals surface area (Å²) >= 11 is 0. The Bertz CT molecular complexity index is 837. The van der Waals surface area contributed by atoms with Gasteiger partial charge in [0.25, 0.3) is 0 Å². The van der Waals surface area contributed by atoms with Gasteiger partial charge in [0.15, 0.2) is 0 Å². The molecule has 0 spiro atoms. The van der Waals surface area contributed by atoms with Gasteiger partial charge in [-0.3, -0.25) is 0 Å². The van der Waals surface area contributed by atoms with Crippen molar-refractivity contribution in [1.82, 2.24) is 10.2 Å². The van der Waals surface area contributed by atoms with E-state index in [4.69, 9.17) is 9.84 Å². The smallest absolute Gasteiger partial charge is 0.335 e. The molecule has 3 unspecified atom stereocenters. The summed E-state index contributed by atoms with van der Waals surface area (Å²) in [6.45, 7) is 2.43. The number of benzene rings is 2. The number of hydrogen-bond acceptors (Lipinski definition) is 3. The molecular weight excluding hydrogens is 356 g/mol. The Morgan fingerprint density at radius 2 is 1.86 bits per heavy atom. The van der Waals surface area contributed by atoms with Gasteiger partial charge in [0.1, 0.15) is 0 Å². The lowest BCUT2D eigenvalue weighted by molar-refractivity contribution is 0.0261. The molecule has 6 heteroatoms. The number of carbonyl (C=O) groups excluding carboxylic acids is 1. The van der Waals surface area contributed by atoms with E-state index in [-0.39, 0.29) is 23.6 Å². The fourth-order valence-corrected chi connectivity index (χ4v) is 4.33. The summed E-state index contributed by atoms with van der Waals surface area (Å²) in [6, 6.07) is 17.0. The van der Waals surface area contributed by atoms with Crippen molar-refractivity contribution >= 4 is 12.0 Å². The molecule has 0 saturated carbocycles. The normalized spacial score (nSPS) is 23.9. The van der Waals surface area contributed by atoms with Gasteiger partial charge in [-0.1, -0.05) is 42.5 Å². The Morgan fingerprint density at radius 3 is 2.57 bits per heavy atom. The molecule has 0 aromatic heterocycles. The van der Waals surface area contributed by atoms with Gasteiger partial charge in [-0.15, -0.1) is 0 Å². The van der Waals surface area contributed by atoms with Crippen molar-refractivity contribution in [1.29, 1.82) is 0 Å². The van der Waals surface area contributed by atoms with Crippen LogP contribution in [0.5, 0.6) is 0 Å². The number of rotatable bonds is 4. The zero-order valence-electron chi connectivity index (χ0n) is 15.6. The van der Waals surface area contributed by atoms with Crippen LogP contribution in [0, 0.1) is 5.92 Å². The third-order valence-electron chi connectivity index (χ3n) is 5.81. The van der Waals surface area contributed by atoms with E-state index in [9.17, 15) is 9.59 Å². The molecule has 28 heavy (non-hydrogen) atoms. The van der Waals surface area contributed by atoms with Crippen LogP contribution < -0.4 is 5.32 Å². The predicted octanol–water partition coefficient (Wildman–Crippen LogP) is 3.10. The van der Waals surface area contributed by atoms with Crippen LogP contribution in [-0.2, 0) is 11.3 Å². The Balaban J connectivity index is 1.43. The lowest BCUT2D eigenvalue weighted by Gasteiger charge is -2.32. The van der Waals surface area contributed by atoms with Crippen molar-refractivity contribution in [3.63, 3.8) is 0 Å². The van der Waals surface area contributed by atoms with Gasteiger partial charge in [-0.25, -0.2) is 9.59 Å². The number of ether oxygens (including phenoxy) is 1. The van der Waals surface area contributed by atoms with E-state index in [1.165, 1.54) is 5.56 Å². The number of carbonyl (C=O) groups is 2. The summed E-state index contributed by atoms with van der Waals surface area (Å²) in [6.07, 6.45) is 0.856. The van der Waals surface area contributed by atoms with Gasteiger partial charge >= 0.3 is 12.0 Å². The molecule has 0 radical (unpaired) electrons. The number of urea groups is 1. The van der Waals surface area contributed by atoms with Gasteiger partial charge in [0.2, 0.25) is 0 Å². The third-order valence-corrected chi connectivity index (χ3v) is 5.81. The van der Waals surface area contributed by atoms with Crippen molar-refractivity contribution in [2.24, 2.45) is 5.92 Å². The number of nitrogens with zero attached hydrogens (tertiary/aromatic N) is 1. The maximum atomic E-state index is 12.9. The van der Waals surface area contributed by atoms with Crippen LogP contribution >= 0.6 is 0 Å². The molecule has 2 saturated heterocycles. The van der Waals surface area contributed by atoms with E-state index in [0.29, 0.717) is 32.2 Å². The summed E-state index contributed by atoms with van der Waals surface area (Å²) in [7, 11) is 0. The summed E-state index contributed by atoms with van der Waals surface area (Å²) in [5.41, 5.74) is 2.37. The molecule has 0 aliphatic carbocycles.